The number of hydrogen-bond donors (Lipinski definition) is 0. The molecule has 0 aromatic heterocycles. The first kappa shape index (κ1) is 9.84. The van der Waals surface area contributed by atoms with Crippen molar-refractivity contribution in [3.05, 3.63) is 0 Å². The van der Waals surface area contributed by atoms with Crippen molar-refractivity contribution >= 4 is 20.7 Å². The summed E-state index contributed by atoms with van der Waals surface area (Å²) in [6.07, 6.45) is -2.48. The summed E-state index contributed by atoms with van der Waals surface area (Å²) in [5.41, 5.74) is 0. The second-order valence-corrected chi connectivity index (χ2v) is 3.01. The molecule has 1 aliphatic rings. The SMILES string of the molecule is [2H]B(C)OC[C@H]1OC(OC)C(=O)[C@@H]1OB([2H])C. The average Bonchev–Trinajstić information content (AvgIpc) is 2.53. The maximum Gasteiger partial charge on any atom is 0.272 e. The molecule has 0 saturated carbocycles. The highest BCUT2D eigenvalue weighted by molar-refractivity contribution is 6.25. The normalized spacial score (nSPS) is 32.5. The first-order valence-corrected chi connectivity index (χ1v) is 4.79. The number of hydrogen-bond acceptors (Lipinski definition) is 5. The third-order valence-corrected chi connectivity index (χ3v) is 2.07. The van der Waals surface area contributed by atoms with Gasteiger partial charge in [-0.05, 0) is 0 Å². The Morgan fingerprint density at radius 2 is 2.27 bits per heavy atom. The number of ketones is 1. The minimum Gasteiger partial charge on any atom is -0.437 e. The standard InChI is InChI=1S/C8H16B2O5/c1-9-13-4-5-7(15-10-2)6(11)8(12-3)14-5/h5,7-10H,4H2,1-3H3/t5-,7-,8?/m1/s1/i9D,10D. The van der Waals surface area contributed by atoms with Gasteiger partial charge in [0.05, 0.1) is 6.61 Å². The molecule has 0 aromatic carbocycles. The first-order chi connectivity index (χ1) is 7.95. The Kier molecular flexibility index (Phi) is 4.11. The molecule has 1 saturated heterocycles. The topological polar surface area (TPSA) is 54.0 Å². The molecule has 0 amide bonds. The van der Waals surface area contributed by atoms with Crippen LogP contribution < -0.4 is 0 Å². The lowest BCUT2D eigenvalue weighted by Gasteiger charge is -2.16. The van der Waals surface area contributed by atoms with Crippen LogP contribution in [-0.4, -0.2) is 55.6 Å². The van der Waals surface area contributed by atoms with Gasteiger partial charge in [0.15, 0.2) is 0 Å². The smallest absolute Gasteiger partial charge is 0.272 e. The van der Waals surface area contributed by atoms with E-state index in [0.717, 1.165) is 0 Å². The zero-order valence-electron chi connectivity index (χ0n) is 11.1. The fourth-order valence-electron chi connectivity index (χ4n) is 1.41. The molecule has 1 heterocycles. The van der Waals surface area contributed by atoms with Crippen LogP contribution in [0.25, 0.3) is 0 Å². The maximum absolute atomic E-state index is 11.8. The third-order valence-electron chi connectivity index (χ3n) is 2.07. The minimum atomic E-state index is -0.978. The predicted molar refractivity (Wildman–Crippen MR) is 57.5 cm³/mol. The van der Waals surface area contributed by atoms with Crippen molar-refractivity contribution in [1.82, 2.24) is 0 Å². The summed E-state index contributed by atoms with van der Waals surface area (Å²) < 4.78 is 34.9. The summed E-state index contributed by atoms with van der Waals surface area (Å²) in [5, 5.41) is 0. The van der Waals surface area contributed by atoms with Crippen LogP contribution in [-0.2, 0) is 23.6 Å². The van der Waals surface area contributed by atoms with E-state index >= 15 is 0 Å². The molecule has 1 aliphatic heterocycles. The molecule has 7 heteroatoms. The lowest BCUT2D eigenvalue weighted by Crippen LogP contribution is -2.35. The Morgan fingerprint density at radius 1 is 1.53 bits per heavy atom. The Bertz CT molecular complexity index is 266. The van der Waals surface area contributed by atoms with Gasteiger partial charge in [0, 0.05) is 9.78 Å². The quantitative estimate of drug-likeness (QED) is 0.540. The van der Waals surface area contributed by atoms with Crippen LogP contribution in [0.2, 0.25) is 13.6 Å². The van der Waals surface area contributed by atoms with E-state index in [1.807, 2.05) is 0 Å². The van der Waals surface area contributed by atoms with Gasteiger partial charge in [-0.2, -0.15) is 0 Å². The van der Waals surface area contributed by atoms with Crippen molar-refractivity contribution < 1.29 is 23.6 Å². The zero-order valence-corrected chi connectivity index (χ0v) is 9.14. The molecular formula is C8H16B2O5. The molecule has 0 N–H and O–H groups in total. The van der Waals surface area contributed by atoms with E-state index in [0.29, 0.717) is 0 Å². The van der Waals surface area contributed by atoms with Gasteiger partial charge < -0.3 is 18.8 Å². The summed E-state index contributed by atoms with van der Waals surface area (Å²) in [7, 11) is -0.177. The van der Waals surface area contributed by atoms with Gasteiger partial charge in [-0.1, -0.05) is 13.6 Å². The summed E-state index contributed by atoms with van der Waals surface area (Å²) >= 11 is 0. The fraction of sp³-hybridized carbons (Fsp3) is 0.875. The second kappa shape index (κ2) is 6.27. The number of rotatable bonds is 6. The van der Waals surface area contributed by atoms with E-state index in [4.69, 9.17) is 21.5 Å². The molecule has 1 fully saturated rings. The lowest BCUT2D eigenvalue weighted by atomic mass is 10.0. The molecule has 0 bridgehead atoms. The lowest BCUT2D eigenvalue weighted by molar-refractivity contribution is -0.152. The van der Waals surface area contributed by atoms with Crippen molar-refractivity contribution in [2.45, 2.75) is 32.1 Å². The maximum atomic E-state index is 11.8. The summed E-state index contributed by atoms with van der Waals surface area (Å²) in [6.45, 7) is 3.14. The Hall–Kier alpha value is -0.360. The van der Waals surface area contributed by atoms with Crippen molar-refractivity contribution in [1.29, 1.82) is 2.67 Å². The van der Waals surface area contributed by atoms with Crippen LogP contribution >= 0.6 is 0 Å². The van der Waals surface area contributed by atoms with Gasteiger partial charge in [-0.15, -0.1) is 0 Å². The Labute approximate surface area is 93.7 Å². The molecule has 0 radical (unpaired) electrons. The number of ether oxygens (including phenoxy) is 2. The molecule has 1 rings (SSSR count). The van der Waals surface area contributed by atoms with Crippen molar-refractivity contribution in [3.63, 3.8) is 0 Å². The van der Waals surface area contributed by atoms with Gasteiger partial charge in [0.25, 0.3) is 14.9 Å². The molecule has 84 valence electrons. The highest BCUT2D eigenvalue weighted by Crippen LogP contribution is 2.20. The van der Waals surface area contributed by atoms with Crippen LogP contribution in [0.5, 0.6) is 0 Å². The van der Waals surface area contributed by atoms with Crippen LogP contribution in [0.1, 0.15) is 0 Å². The zero-order chi connectivity index (χ0) is 13.0. The van der Waals surface area contributed by atoms with Crippen LogP contribution in [0.15, 0.2) is 0 Å². The molecule has 1 unspecified atom stereocenters. The van der Waals surface area contributed by atoms with Crippen molar-refractivity contribution in [2.24, 2.45) is 0 Å². The minimum absolute atomic E-state index is 0.0631. The molecule has 3 atom stereocenters. The van der Waals surface area contributed by atoms with E-state index in [-0.39, 0.29) is 12.4 Å². The van der Waals surface area contributed by atoms with Gasteiger partial charge in [0.2, 0.25) is 12.1 Å². The molecule has 5 nitrogen and oxygen atoms in total. The van der Waals surface area contributed by atoms with Crippen LogP contribution in [0.3, 0.4) is 0 Å². The molecule has 15 heavy (non-hydrogen) atoms. The third kappa shape index (κ3) is 3.04. The fourth-order valence-corrected chi connectivity index (χ4v) is 1.41. The highest BCUT2D eigenvalue weighted by Gasteiger charge is 2.43. The molecule has 0 spiro atoms. The van der Waals surface area contributed by atoms with E-state index in [9.17, 15) is 4.79 Å². The first-order valence-electron chi connectivity index (χ1n) is 5.94. The van der Waals surface area contributed by atoms with Gasteiger partial charge in [-0.3, -0.25) is 4.79 Å². The average molecular weight is 216 g/mol. The Balaban J connectivity index is 2.61. The molecule has 0 aromatic rings. The Morgan fingerprint density at radius 3 is 2.80 bits per heavy atom. The van der Waals surface area contributed by atoms with E-state index in [1.165, 1.54) is 13.9 Å². The summed E-state index contributed by atoms with van der Waals surface area (Å²) in [4.78, 5) is 11.8. The van der Waals surface area contributed by atoms with E-state index in [2.05, 4.69) is 0 Å². The number of Topliss-reactive ketones (excluding diaryl/α,β-unsaturated/α-hetero) is 1. The monoisotopic (exact) mass is 216 g/mol. The number of carbonyl (C=O) groups excluding carboxylic acids is 1. The van der Waals surface area contributed by atoms with Gasteiger partial charge in [0.1, 0.15) is 12.2 Å². The summed E-state index contributed by atoms with van der Waals surface area (Å²) in [6, 6.07) is 0. The van der Waals surface area contributed by atoms with Gasteiger partial charge in [-0.25, -0.2) is 0 Å². The predicted octanol–water partition coefficient (Wildman–Crippen LogP) is -0.872. The second-order valence-electron chi connectivity index (χ2n) is 3.01. The van der Waals surface area contributed by atoms with Crippen molar-refractivity contribution in [2.75, 3.05) is 13.7 Å². The van der Waals surface area contributed by atoms with E-state index in [1.54, 1.807) is 6.82 Å². The largest absolute Gasteiger partial charge is 0.437 e. The molecule has 0 aliphatic carbocycles. The molecular weight excluding hydrogens is 198 g/mol. The van der Waals surface area contributed by atoms with Crippen molar-refractivity contribution in [3.8, 4) is 0 Å². The van der Waals surface area contributed by atoms with Crippen LogP contribution in [0.4, 0.5) is 0 Å². The summed E-state index contributed by atoms with van der Waals surface area (Å²) in [5.74, 6) is -0.349. The van der Waals surface area contributed by atoms with E-state index < -0.39 is 33.4 Å². The number of carbonyl (C=O) groups is 1. The highest BCUT2D eigenvalue weighted by atomic mass is 16.7. The number of methoxy groups -OCH3 is 1. The van der Waals surface area contributed by atoms with Crippen LogP contribution in [0, 0.1) is 0 Å². The van der Waals surface area contributed by atoms with Gasteiger partial charge >= 0.3 is 0 Å².